The zero-order valence-corrected chi connectivity index (χ0v) is 23.6. The number of aliphatic hydroxyl groups excluding tert-OH is 2. The summed E-state index contributed by atoms with van der Waals surface area (Å²) in [5.41, 5.74) is 10.1. The van der Waals surface area contributed by atoms with Crippen molar-refractivity contribution in [3.8, 4) is 0 Å². The van der Waals surface area contributed by atoms with Gasteiger partial charge in [0, 0.05) is 0 Å². The molecule has 4 aliphatic rings. The predicted molar refractivity (Wildman–Crippen MR) is 138 cm³/mol. The molecular formula is C20H22N10O12P2. The Balaban J connectivity index is 1.09. The van der Waals surface area contributed by atoms with Gasteiger partial charge in [-0.2, -0.15) is 9.97 Å². The van der Waals surface area contributed by atoms with Gasteiger partial charge in [-0.15, -0.1) is 0 Å². The number of nitrogens with zero attached hydrogens (tertiary/aromatic N) is 8. The lowest BCUT2D eigenvalue weighted by Crippen LogP contribution is -2.39. The number of aromatic nitrogens is 8. The van der Waals surface area contributed by atoms with Crippen molar-refractivity contribution in [1.29, 1.82) is 0 Å². The Labute approximate surface area is 243 Å². The van der Waals surface area contributed by atoms with Gasteiger partial charge >= 0.3 is 15.6 Å². The highest BCUT2D eigenvalue weighted by Crippen LogP contribution is 2.68. The highest BCUT2D eigenvalue weighted by molar-refractivity contribution is 7.47. The van der Waals surface area contributed by atoms with E-state index in [0.717, 1.165) is 0 Å². The van der Waals surface area contributed by atoms with Crippen molar-refractivity contribution in [1.82, 2.24) is 39.0 Å². The minimum Gasteiger partial charge on any atom is -0.386 e. The fourth-order valence-electron chi connectivity index (χ4n) is 5.78. The second kappa shape index (κ2) is 9.39. The molecule has 3 saturated heterocycles. The second-order valence-electron chi connectivity index (χ2n) is 10.4. The second-order valence-corrected chi connectivity index (χ2v) is 13.1. The van der Waals surface area contributed by atoms with Crippen molar-refractivity contribution < 1.29 is 56.7 Å². The molecule has 0 aromatic carbocycles. The first-order valence-electron chi connectivity index (χ1n) is 12.8. The van der Waals surface area contributed by atoms with Crippen molar-refractivity contribution in [3.63, 3.8) is 0 Å². The minimum absolute atomic E-state index is 0.0927. The summed E-state index contributed by atoms with van der Waals surface area (Å²) in [6.45, 7) is -0.774. The number of hydrogen-bond acceptors (Lipinski definition) is 18. The third kappa shape index (κ3) is 4.20. The van der Waals surface area contributed by atoms with Crippen molar-refractivity contribution in [3.05, 3.63) is 25.0 Å². The van der Waals surface area contributed by atoms with Gasteiger partial charge in [0.25, 0.3) is 0 Å². The van der Waals surface area contributed by atoms with Crippen LogP contribution in [0.3, 0.4) is 0 Å². The van der Waals surface area contributed by atoms with Crippen molar-refractivity contribution in [2.45, 2.75) is 54.7 Å². The molecule has 1 aliphatic carbocycles. The smallest absolute Gasteiger partial charge is 0.386 e. The molecule has 3 aliphatic heterocycles. The van der Waals surface area contributed by atoms with E-state index in [1.807, 2.05) is 0 Å². The van der Waals surface area contributed by atoms with Gasteiger partial charge in [-0.25, -0.2) is 29.1 Å². The molecule has 11 atom stereocenters. The number of rotatable bonds is 2. The van der Waals surface area contributed by atoms with Crippen LogP contribution >= 0.6 is 15.6 Å². The molecule has 0 radical (unpaired) electrons. The number of ether oxygens (including phenoxy) is 2. The molecule has 4 fully saturated rings. The van der Waals surface area contributed by atoms with Crippen LogP contribution in [-0.2, 0) is 36.7 Å². The van der Waals surface area contributed by atoms with Crippen LogP contribution in [-0.4, -0.2) is 108 Å². The summed E-state index contributed by atoms with van der Waals surface area (Å²) < 4.78 is 61.9. The summed E-state index contributed by atoms with van der Waals surface area (Å²) in [5, 5.41) is 22.5. The van der Waals surface area contributed by atoms with Crippen molar-refractivity contribution >= 4 is 49.9 Å². The fourth-order valence-corrected chi connectivity index (χ4v) is 8.06. The summed E-state index contributed by atoms with van der Waals surface area (Å²) in [7, 11) is -10.2. The summed E-state index contributed by atoms with van der Waals surface area (Å²) in [6.07, 6.45) is -6.88. The first kappa shape index (κ1) is 28.2. The highest BCUT2D eigenvalue weighted by atomic mass is 31.2. The van der Waals surface area contributed by atoms with E-state index in [-0.39, 0.29) is 23.2 Å². The maximum Gasteiger partial charge on any atom is 0.473 e. The monoisotopic (exact) mass is 656 g/mol. The first-order valence-corrected chi connectivity index (χ1v) is 15.8. The maximum atomic E-state index is 13.3. The molecule has 4 aromatic rings. The minimum atomic E-state index is -5.12. The summed E-state index contributed by atoms with van der Waals surface area (Å²) >= 11 is 0. The van der Waals surface area contributed by atoms with Crippen molar-refractivity contribution in [2.75, 3.05) is 18.1 Å². The lowest BCUT2D eigenvalue weighted by atomic mass is 10.1. The summed E-state index contributed by atoms with van der Waals surface area (Å²) in [6, 6.07) is 0. The van der Waals surface area contributed by atoms with Gasteiger partial charge in [0.15, 0.2) is 29.4 Å². The van der Waals surface area contributed by atoms with E-state index < -0.39 is 76.9 Å². The number of anilines is 2. The predicted octanol–water partition coefficient (Wildman–Crippen LogP) is -1.88. The number of phosphoric ester groups is 2. The molecule has 7 heterocycles. The molecule has 8 N–H and O–H groups in total. The lowest BCUT2D eigenvalue weighted by molar-refractivity contribution is -0.0938. The van der Waals surface area contributed by atoms with Crippen LogP contribution < -0.4 is 11.5 Å². The van der Waals surface area contributed by atoms with Gasteiger partial charge in [0.1, 0.15) is 47.7 Å². The van der Waals surface area contributed by atoms with Gasteiger partial charge in [0.2, 0.25) is 11.9 Å². The van der Waals surface area contributed by atoms with Crippen LogP contribution in [0.5, 0.6) is 0 Å². The van der Waals surface area contributed by atoms with E-state index in [4.69, 9.17) is 39.0 Å². The first-order chi connectivity index (χ1) is 20.9. The van der Waals surface area contributed by atoms with Crippen LogP contribution in [0, 0.1) is 0 Å². The SMILES string of the molecule is Nc1ncc2ncn([C@@H]3O[C@@H]4COP(=O)(O)O[C@]56[C@H](O[C@@H](n7cnc8cnc(N)nc87)[C@@H]5O)[C@@H]6OP(=O)(O)O[C@H]4[C@H]3O)c2n1. The molecule has 234 valence electrons. The third-order valence-electron chi connectivity index (χ3n) is 7.78. The molecule has 24 heteroatoms. The Hall–Kier alpha value is -3.24. The molecule has 0 bridgehead atoms. The van der Waals surface area contributed by atoms with Crippen LogP contribution in [0.4, 0.5) is 11.9 Å². The lowest BCUT2D eigenvalue weighted by Gasteiger charge is -2.27. The van der Waals surface area contributed by atoms with E-state index in [1.165, 1.54) is 34.2 Å². The van der Waals surface area contributed by atoms with Crippen LogP contribution in [0.15, 0.2) is 25.0 Å². The Morgan fingerprint density at radius 2 is 1.45 bits per heavy atom. The Morgan fingerprint density at radius 3 is 2.09 bits per heavy atom. The van der Waals surface area contributed by atoms with Crippen LogP contribution in [0.2, 0.25) is 0 Å². The van der Waals surface area contributed by atoms with Gasteiger partial charge in [-0.1, -0.05) is 0 Å². The molecule has 1 spiro atoms. The molecular weight excluding hydrogens is 634 g/mol. The van der Waals surface area contributed by atoms with E-state index >= 15 is 0 Å². The maximum absolute atomic E-state index is 13.3. The molecule has 1 saturated carbocycles. The van der Waals surface area contributed by atoms with Crippen LogP contribution in [0.1, 0.15) is 12.5 Å². The number of nitrogen functional groups attached to an aromatic ring is 2. The largest absolute Gasteiger partial charge is 0.473 e. The average Bonchev–Trinajstić information content (AvgIpc) is 3.44. The number of phosphoric acid groups is 2. The Kier molecular flexibility index (Phi) is 6.03. The third-order valence-corrected chi connectivity index (χ3v) is 9.80. The number of aliphatic hydroxyl groups is 2. The number of hydrogen-bond donors (Lipinski definition) is 6. The number of nitrogens with two attached hydrogens (primary N) is 2. The summed E-state index contributed by atoms with van der Waals surface area (Å²) in [4.78, 5) is 45.5. The molecule has 0 amide bonds. The Bertz CT molecular complexity index is 1830. The average molecular weight is 656 g/mol. The van der Waals surface area contributed by atoms with E-state index in [1.54, 1.807) is 0 Å². The highest BCUT2D eigenvalue weighted by Gasteiger charge is 2.83. The number of fused-ring (bicyclic) bond motifs is 4. The van der Waals surface area contributed by atoms with Crippen LogP contribution in [0.25, 0.3) is 22.3 Å². The molecule has 44 heavy (non-hydrogen) atoms. The Morgan fingerprint density at radius 1 is 0.841 bits per heavy atom. The van der Waals surface area contributed by atoms with Gasteiger partial charge in [0.05, 0.1) is 31.7 Å². The van der Waals surface area contributed by atoms with Gasteiger partial charge < -0.3 is 40.9 Å². The molecule has 2 unspecified atom stereocenters. The molecule has 8 rings (SSSR count). The van der Waals surface area contributed by atoms with Crippen molar-refractivity contribution in [2.24, 2.45) is 0 Å². The van der Waals surface area contributed by atoms with Gasteiger partial charge in [-0.05, 0) is 0 Å². The van der Waals surface area contributed by atoms with Gasteiger partial charge in [-0.3, -0.25) is 27.2 Å². The molecule has 4 aromatic heterocycles. The zero-order chi connectivity index (χ0) is 30.8. The summed E-state index contributed by atoms with van der Waals surface area (Å²) in [5.74, 6) is -0.188. The normalized spacial score (nSPS) is 42.1. The van der Waals surface area contributed by atoms with E-state index in [0.29, 0.717) is 11.0 Å². The fraction of sp³-hybridized carbons (Fsp3) is 0.500. The zero-order valence-electron chi connectivity index (χ0n) is 21.8. The topological polar surface area (TPSA) is 310 Å². The standard InChI is InChI=1S/C20H22N10O12P2/c21-18-23-1-6-14(27-18)29(4-25-6)16-9(31)10-8(38-16)3-37-43(33,34)42-20-11(32)17(39-12(20)13(20)41-44(35,36)40-10)30-5-26-7-2-24-19(22)28-15(7)30/h1-2,4-5,8-13,16-17,31-32H,3H2,(H,33,34)(H,35,36)(H2,21,23,27)(H2,22,24,28)/t8-,9-,10-,11+,12-,13+,16-,17-,20+/m1/s1. The van der Waals surface area contributed by atoms with E-state index in [2.05, 4.69) is 29.9 Å². The van der Waals surface area contributed by atoms with E-state index in [9.17, 15) is 29.1 Å². The quantitative estimate of drug-likeness (QED) is 0.129. The molecule has 22 nitrogen and oxygen atoms in total. The number of imidazole rings is 2.